The zero-order chi connectivity index (χ0) is 17.7. The summed E-state index contributed by atoms with van der Waals surface area (Å²) in [6.45, 7) is 0.978. The number of ether oxygens (including phenoxy) is 1. The van der Waals surface area contributed by atoms with Crippen molar-refractivity contribution in [2.24, 2.45) is 0 Å². The molecule has 0 saturated carbocycles. The number of hydrogen-bond donors (Lipinski definition) is 2. The summed E-state index contributed by atoms with van der Waals surface area (Å²) in [6, 6.07) is 8.75. The van der Waals surface area contributed by atoms with Gasteiger partial charge in [-0.1, -0.05) is 12.1 Å². The first-order chi connectivity index (χ1) is 11.3. The first-order valence-corrected chi connectivity index (χ1v) is 8.49. The zero-order valence-electron chi connectivity index (χ0n) is 12.8. The monoisotopic (exact) mass is 353 g/mol. The van der Waals surface area contributed by atoms with Gasteiger partial charge in [0.1, 0.15) is 18.2 Å². The fourth-order valence-corrected chi connectivity index (χ4v) is 3.00. The number of carbonyl (C=O) groups excluding carboxylic acids is 1. The van der Waals surface area contributed by atoms with Gasteiger partial charge in [0.15, 0.2) is 5.78 Å². The van der Waals surface area contributed by atoms with Crippen LogP contribution in [-0.4, -0.2) is 32.5 Å². The van der Waals surface area contributed by atoms with Crippen LogP contribution in [0.4, 0.5) is 10.1 Å². The summed E-state index contributed by atoms with van der Waals surface area (Å²) >= 11 is 0. The Morgan fingerprint density at radius 2 is 1.88 bits per heavy atom. The molecule has 0 saturated heterocycles. The molecule has 8 heteroatoms. The Morgan fingerprint density at radius 1 is 1.21 bits per heavy atom. The maximum Gasteiger partial charge on any atom is 0.262 e. The van der Waals surface area contributed by atoms with E-state index in [1.54, 1.807) is 0 Å². The molecule has 0 heterocycles. The lowest BCUT2D eigenvalue weighted by Crippen LogP contribution is -2.14. The van der Waals surface area contributed by atoms with E-state index < -0.39 is 15.8 Å². The number of aliphatic hydroxyl groups excluding tert-OH is 1. The van der Waals surface area contributed by atoms with Crippen molar-refractivity contribution in [3.8, 4) is 5.75 Å². The predicted molar refractivity (Wildman–Crippen MR) is 86.2 cm³/mol. The van der Waals surface area contributed by atoms with Crippen LogP contribution in [0.1, 0.15) is 17.3 Å². The number of ketones is 1. The van der Waals surface area contributed by atoms with Crippen LogP contribution in [0.2, 0.25) is 0 Å². The van der Waals surface area contributed by atoms with E-state index in [0.29, 0.717) is 5.56 Å². The zero-order valence-corrected chi connectivity index (χ0v) is 13.6. The van der Waals surface area contributed by atoms with Crippen molar-refractivity contribution in [1.29, 1.82) is 0 Å². The topological polar surface area (TPSA) is 92.7 Å². The summed E-state index contributed by atoms with van der Waals surface area (Å²) in [5, 5.41) is 8.78. The van der Waals surface area contributed by atoms with Crippen LogP contribution < -0.4 is 9.46 Å². The van der Waals surface area contributed by atoms with E-state index in [0.717, 1.165) is 12.1 Å². The van der Waals surface area contributed by atoms with E-state index in [2.05, 4.69) is 4.72 Å². The Morgan fingerprint density at radius 3 is 2.46 bits per heavy atom. The number of halogens is 1. The molecule has 0 aliphatic heterocycles. The van der Waals surface area contributed by atoms with Crippen molar-refractivity contribution in [3.63, 3.8) is 0 Å². The van der Waals surface area contributed by atoms with Crippen molar-refractivity contribution in [3.05, 3.63) is 53.8 Å². The molecule has 0 radical (unpaired) electrons. The van der Waals surface area contributed by atoms with Gasteiger partial charge in [-0.2, -0.15) is 0 Å². The molecular formula is C16H16FNO5S. The number of Topliss-reactive ketones (excluding diaryl/α,β-unsaturated/α-hetero) is 1. The summed E-state index contributed by atoms with van der Waals surface area (Å²) in [5.41, 5.74) is 0.434. The molecule has 2 aromatic rings. The van der Waals surface area contributed by atoms with Crippen molar-refractivity contribution in [2.75, 3.05) is 17.9 Å². The van der Waals surface area contributed by atoms with Gasteiger partial charge >= 0.3 is 0 Å². The first-order valence-electron chi connectivity index (χ1n) is 7.00. The molecule has 0 aliphatic carbocycles. The van der Waals surface area contributed by atoms with E-state index in [1.165, 1.54) is 37.3 Å². The second-order valence-electron chi connectivity index (χ2n) is 4.90. The highest BCUT2D eigenvalue weighted by Gasteiger charge is 2.17. The maximum atomic E-state index is 13.3. The number of nitrogens with one attached hydrogen (secondary N) is 1. The van der Waals surface area contributed by atoms with Crippen molar-refractivity contribution >= 4 is 21.5 Å². The smallest absolute Gasteiger partial charge is 0.262 e. The standard InChI is InChI=1S/C16H16FNO5S/c1-11(20)12-2-5-14(6-3-12)24(21,22)18-15-7-4-13(17)10-16(15)23-9-8-19/h2-7,10,18-19H,8-9H2,1H3. The van der Waals surface area contributed by atoms with Gasteiger partial charge in [-0.15, -0.1) is 0 Å². The third kappa shape index (κ3) is 4.30. The highest BCUT2D eigenvalue weighted by molar-refractivity contribution is 7.92. The second-order valence-corrected chi connectivity index (χ2v) is 6.58. The molecule has 0 amide bonds. The van der Waals surface area contributed by atoms with Gasteiger partial charge in [-0.05, 0) is 31.2 Å². The van der Waals surface area contributed by atoms with Crippen LogP contribution in [0.5, 0.6) is 5.75 Å². The van der Waals surface area contributed by atoms with Crippen LogP contribution in [0.3, 0.4) is 0 Å². The van der Waals surface area contributed by atoms with Crippen LogP contribution in [0, 0.1) is 5.82 Å². The Balaban J connectivity index is 2.30. The van der Waals surface area contributed by atoms with Gasteiger partial charge in [0.2, 0.25) is 0 Å². The van der Waals surface area contributed by atoms with Crippen LogP contribution in [0.25, 0.3) is 0 Å². The Kier molecular flexibility index (Phi) is 5.53. The molecule has 0 bridgehead atoms. The Labute approximate surface area is 138 Å². The number of hydrogen-bond acceptors (Lipinski definition) is 5. The van der Waals surface area contributed by atoms with Gasteiger partial charge in [-0.3, -0.25) is 9.52 Å². The Bertz CT molecular complexity index is 834. The fraction of sp³-hybridized carbons (Fsp3) is 0.188. The van der Waals surface area contributed by atoms with Gasteiger partial charge in [0.05, 0.1) is 17.2 Å². The number of rotatable bonds is 7. The predicted octanol–water partition coefficient (Wildman–Crippen LogP) is 2.20. The molecule has 128 valence electrons. The van der Waals surface area contributed by atoms with E-state index in [-0.39, 0.29) is 35.3 Å². The Hall–Kier alpha value is -2.45. The van der Waals surface area contributed by atoms with E-state index in [1.807, 2.05) is 0 Å². The molecule has 0 aromatic heterocycles. The average molecular weight is 353 g/mol. The number of carbonyl (C=O) groups is 1. The number of anilines is 1. The molecule has 6 nitrogen and oxygen atoms in total. The minimum Gasteiger partial charge on any atom is -0.489 e. The summed E-state index contributed by atoms with van der Waals surface area (Å²) < 4.78 is 45.5. The van der Waals surface area contributed by atoms with Gasteiger partial charge in [0.25, 0.3) is 10.0 Å². The highest BCUT2D eigenvalue weighted by Crippen LogP contribution is 2.28. The molecular weight excluding hydrogens is 337 g/mol. The minimum atomic E-state index is -3.94. The van der Waals surface area contributed by atoms with Gasteiger partial charge < -0.3 is 9.84 Å². The normalized spacial score (nSPS) is 11.1. The molecule has 0 unspecified atom stereocenters. The lowest BCUT2D eigenvalue weighted by atomic mass is 10.2. The van der Waals surface area contributed by atoms with E-state index in [9.17, 15) is 17.6 Å². The molecule has 2 rings (SSSR count). The summed E-state index contributed by atoms with van der Waals surface area (Å²) in [5.74, 6) is -0.810. The van der Waals surface area contributed by atoms with Crippen molar-refractivity contribution < 1.29 is 27.4 Å². The highest BCUT2D eigenvalue weighted by atomic mass is 32.2. The minimum absolute atomic E-state index is 0.0343. The molecule has 24 heavy (non-hydrogen) atoms. The summed E-state index contributed by atoms with van der Waals surface area (Å²) in [6.07, 6.45) is 0. The first kappa shape index (κ1) is 17.9. The molecule has 0 atom stereocenters. The number of aliphatic hydroxyl groups is 1. The lowest BCUT2D eigenvalue weighted by molar-refractivity contribution is 0.101. The van der Waals surface area contributed by atoms with E-state index >= 15 is 0 Å². The third-order valence-corrected chi connectivity index (χ3v) is 4.49. The van der Waals surface area contributed by atoms with Crippen LogP contribution >= 0.6 is 0 Å². The third-order valence-electron chi connectivity index (χ3n) is 3.11. The SMILES string of the molecule is CC(=O)c1ccc(S(=O)(=O)Nc2ccc(F)cc2OCCO)cc1. The molecule has 2 N–H and O–H groups in total. The van der Waals surface area contributed by atoms with Crippen molar-refractivity contribution in [2.45, 2.75) is 11.8 Å². The molecule has 2 aromatic carbocycles. The number of sulfonamides is 1. The summed E-state index contributed by atoms with van der Waals surface area (Å²) in [7, 11) is -3.94. The quantitative estimate of drug-likeness (QED) is 0.745. The molecule has 0 aliphatic rings. The molecule has 0 fully saturated rings. The van der Waals surface area contributed by atoms with E-state index in [4.69, 9.17) is 9.84 Å². The molecule has 0 spiro atoms. The van der Waals surface area contributed by atoms with Crippen molar-refractivity contribution in [1.82, 2.24) is 0 Å². The maximum absolute atomic E-state index is 13.3. The largest absolute Gasteiger partial charge is 0.489 e. The van der Waals surface area contributed by atoms with Crippen LogP contribution in [0.15, 0.2) is 47.4 Å². The van der Waals surface area contributed by atoms with Gasteiger partial charge in [0, 0.05) is 11.6 Å². The second kappa shape index (κ2) is 7.41. The van der Waals surface area contributed by atoms with Gasteiger partial charge in [-0.25, -0.2) is 12.8 Å². The lowest BCUT2D eigenvalue weighted by Gasteiger charge is -2.13. The van der Waals surface area contributed by atoms with Crippen LogP contribution in [-0.2, 0) is 10.0 Å². The average Bonchev–Trinajstić information content (AvgIpc) is 2.55. The number of benzene rings is 2. The summed E-state index contributed by atoms with van der Waals surface area (Å²) in [4.78, 5) is 11.2. The fourth-order valence-electron chi connectivity index (χ4n) is 1.93.